The van der Waals surface area contributed by atoms with Gasteiger partial charge in [0.2, 0.25) is 0 Å². The lowest BCUT2D eigenvalue weighted by Crippen LogP contribution is -2.38. The topological polar surface area (TPSA) is 50.8 Å². The van der Waals surface area contributed by atoms with Gasteiger partial charge >= 0.3 is 0 Å². The molecule has 2 rings (SSSR count). The number of carbonyl (C=O) groups is 1. The lowest BCUT2D eigenvalue weighted by molar-refractivity contribution is 0.0743. The molecule has 1 fully saturated rings. The zero-order valence-electron chi connectivity index (χ0n) is 13.7. The number of carbonyl (C=O) groups excluding carboxylic acids is 1. The van der Waals surface area contributed by atoms with E-state index in [2.05, 4.69) is 12.2 Å². The molecule has 1 amide bonds. The van der Waals surface area contributed by atoms with Crippen LogP contribution >= 0.6 is 0 Å². The van der Waals surface area contributed by atoms with Crippen molar-refractivity contribution >= 4 is 5.91 Å². The predicted octanol–water partition coefficient (Wildman–Crippen LogP) is 2.31. The van der Waals surface area contributed by atoms with Gasteiger partial charge in [0.15, 0.2) is 11.5 Å². The molecule has 1 heterocycles. The highest BCUT2D eigenvalue weighted by Gasteiger charge is 2.24. The smallest absolute Gasteiger partial charge is 0.254 e. The van der Waals surface area contributed by atoms with Crippen molar-refractivity contribution in [2.75, 3.05) is 33.4 Å². The van der Waals surface area contributed by atoms with Crippen LogP contribution in [-0.2, 0) is 0 Å². The standard InChI is InChI=1S/C17H26N2O3/c1-4-10-22-15-7-6-13(11-16(15)21-5-2)17(20)19(3)14-8-9-18-12-14/h6-7,11,14,18H,4-5,8-10,12H2,1-3H3. The molecule has 1 aliphatic rings. The summed E-state index contributed by atoms with van der Waals surface area (Å²) in [6.07, 6.45) is 1.93. The van der Waals surface area contributed by atoms with Crippen molar-refractivity contribution in [2.45, 2.75) is 32.7 Å². The van der Waals surface area contributed by atoms with Gasteiger partial charge in [-0.25, -0.2) is 0 Å². The number of nitrogens with zero attached hydrogens (tertiary/aromatic N) is 1. The van der Waals surface area contributed by atoms with E-state index in [9.17, 15) is 4.79 Å². The summed E-state index contributed by atoms with van der Waals surface area (Å²) in [7, 11) is 1.86. The summed E-state index contributed by atoms with van der Waals surface area (Å²) in [4.78, 5) is 14.4. The van der Waals surface area contributed by atoms with Crippen LogP contribution in [0.5, 0.6) is 11.5 Å². The summed E-state index contributed by atoms with van der Waals surface area (Å²) in [5.41, 5.74) is 0.640. The molecule has 122 valence electrons. The Labute approximate surface area is 132 Å². The number of likely N-dealkylation sites (N-methyl/N-ethyl adjacent to an activating group) is 1. The number of nitrogens with one attached hydrogen (secondary N) is 1. The molecule has 0 aromatic heterocycles. The number of ether oxygens (including phenoxy) is 2. The molecule has 1 saturated heterocycles. The van der Waals surface area contributed by atoms with Crippen molar-refractivity contribution in [2.24, 2.45) is 0 Å². The maximum atomic E-state index is 12.6. The molecule has 0 bridgehead atoms. The first-order chi connectivity index (χ1) is 10.7. The number of benzene rings is 1. The average Bonchev–Trinajstić information content (AvgIpc) is 3.07. The Hall–Kier alpha value is -1.75. The van der Waals surface area contributed by atoms with Crippen molar-refractivity contribution in [1.29, 1.82) is 0 Å². The summed E-state index contributed by atoms with van der Waals surface area (Å²) in [6, 6.07) is 5.69. The monoisotopic (exact) mass is 306 g/mol. The summed E-state index contributed by atoms with van der Waals surface area (Å²) >= 11 is 0. The van der Waals surface area contributed by atoms with Gasteiger partial charge < -0.3 is 19.7 Å². The fourth-order valence-electron chi connectivity index (χ4n) is 2.58. The van der Waals surface area contributed by atoms with E-state index >= 15 is 0 Å². The summed E-state index contributed by atoms with van der Waals surface area (Å²) < 4.78 is 11.3. The zero-order chi connectivity index (χ0) is 15.9. The third-order valence-electron chi connectivity index (χ3n) is 3.85. The highest BCUT2D eigenvalue weighted by atomic mass is 16.5. The normalized spacial score (nSPS) is 17.3. The predicted molar refractivity (Wildman–Crippen MR) is 86.8 cm³/mol. The molecule has 1 aliphatic heterocycles. The zero-order valence-corrected chi connectivity index (χ0v) is 13.7. The molecule has 0 radical (unpaired) electrons. The minimum absolute atomic E-state index is 0.0247. The van der Waals surface area contributed by atoms with Crippen molar-refractivity contribution in [3.8, 4) is 11.5 Å². The van der Waals surface area contributed by atoms with Gasteiger partial charge in [-0.3, -0.25) is 4.79 Å². The largest absolute Gasteiger partial charge is 0.490 e. The highest BCUT2D eigenvalue weighted by molar-refractivity contribution is 5.95. The van der Waals surface area contributed by atoms with Gasteiger partial charge in [-0.2, -0.15) is 0 Å². The molecule has 0 aliphatic carbocycles. The lowest BCUT2D eigenvalue weighted by atomic mass is 10.1. The average molecular weight is 306 g/mol. The van der Waals surface area contributed by atoms with Gasteiger partial charge in [-0.15, -0.1) is 0 Å². The van der Waals surface area contributed by atoms with Crippen molar-refractivity contribution in [1.82, 2.24) is 10.2 Å². The number of amides is 1. The fourth-order valence-corrected chi connectivity index (χ4v) is 2.58. The van der Waals surface area contributed by atoms with E-state index in [1.807, 2.05) is 31.0 Å². The Morgan fingerprint density at radius 3 is 2.77 bits per heavy atom. The number of rotatable bonds is 7. The van der Waals surface area contributed by atoms with Crippen molar-refractivity contribution in [3.63, 3.8) is 0 Å². The fraction of sp³-hybridized carbons (Fsp3) is 0.588. The first-order valence-corrected chi connectivity index (χ1v) is 8.04. The molecule has 22 heavy (non-hydrogen) atoms. The summed E-state index contributed by atoms with van der Waals surface area (Å²) in [5.74, 6) is 1.36. The van der Waals surface area contributed by atoms with E-state index in [0.717, 1.165) is 25.9 Å². The molecule has 5 heteroatoms. The molecule has 0 saturated carbocycles. The maximum Gasteiger partial charge on any atom is 0.254 e. The molecule has 1 aromatic rings. The van der Waals surface area contributed by atoms with Crippen LogP contribution in [0, 0.1) is 0 Å². The van der Waals surface area contributed by atoms with Crippen LogP contribution < -0.4 is 14.8 Å². The quantitative estimate of drug-likeness (QED) is 0.840. The molecular formula is C17H26N2O3. The van der Waals surface area contributed by atoms with Gasteiger partial charge in [-0.05, 0) is 44.5 Å². The van der Waals surface area contributed by atoms with Gasteiger partial charge in [-0.1, -0.05) is 6.92 Å². The van der Waals surface area contributed by atoms with Crippen LogP contribution in [-0.4, -0.2) is 50.2 Å². The van der Waals surface area contributed by atoms with E-state index in [4.69, 9.17) is 9.47 Å². The number of hydrogen-bond donors (Lipinski definition) is 1. The van der Waals surface area contributed by atoms with Crippen LogP contribution in [0.4, 0.5) is 0 Å². The molecular weight excluding hydrogens is 280 g/mol. The van der Waals surface area contributed by atoms with Crippen LogP contribution in [0.2, 0.25) is 0 Å². The molecule has 1 N–H and O–H groups in total. The maximum absolute atomic E-state index is 12.6. The summed E-state index contributed by atoms with van der Waals surface area (Å²) in [5, 5.41) is 3.28. The SMILES string of the molecule is CCCOc1ccc(C(=O)N(C)C2CCNC2)cc1OCC. The Kier molecular flexibility index (Phi) is 6.07. The van der Waals surface area contributed by atoms with Crippen molar-refractivity contribution < 1.29 is 14.3 Å². The Morgan fingerprint density at radius 2 is 2.14 bits per heavy atom. The Bertz CT molecular complexity index is 499. The minimum Gasteiger partial charge on any atom is -0.490 e. The molecule has 0 spiro atoms. The second-order valence-electron chi connectivity index (χ2n) is 5.51. The van der Waals surface area contributed by atoms with Gasteiger partial charge in [0, 0.05) is 25.2 Å². The van der Waals surface area contributed by atoms with E-state index in [1.54, 1.807) is 6.07 Å². The molecule has 1 aromatic carbocycles. The molecule has 1 unspecified atom stereocenters. The second kappa shape index (κ2) is 8.03. The lowest BCUT2D eigenvalue weighted by Gasteiger charge is -2.24. The third kappa shape index (κ3) is 3.91. The second-order valence-corrected chi connectivity index (χ2v) is 5.51. The Morgan fingerprint density at radius 1 is 1.32 bits per heavy atom. The van der Waals surface area contributed by atoms with Crippen LogP contribution in [0.3, 0.4) is 0 Å². The minimum atomic E-state index is 0.0247. The number of hydrogen-bond acceptors (Lipinski definition) is 4. The van der Waals surface area contributed by atoms with E-state index in [0.29, 0.717) is 30.3 Å². The third-order valence-corrected chi connectivity index (χ3v) is 3.85. The van der Waals surface area contributed by atoms with Crippen LogP contribution in [0.1, 0.15) is 37.0 Å². The van der Waals surface area contributed by atoms with Gasteiger partial charge in [0.1, 0.15) is 0 Å². The van der Waals surface area contributed by atoms with Gasteiger partial charge in [0.05, 0.1) is 13.2 Å². The molecule has 1 atom stereocenters. The van der Waals surface area contributed by atoms with E-state index < -0.39 is 0 Å². The van der Waals surface area contributed by atoms with Gasteiger partial charge in [0.25, 0.3) is 5.91 Å². The van der Waals surface area contributed by atoms with Crippen LogP contribution in [0.25, 0.3) is 0 Å². The van der Waals surface area contributed by atoms with Crippen LogP contribution in [0.15, 0.2) is 18.2 Å². The first kappa shape index (κ1) is 16.6. The highest BCUT2D eigenvalue weighted by Crippen LogP contribution is 2.29. The summed E-state index contributed by atoms with van der Waals surface area (Å²) in [6.45, 7) is 7.00. The van der Waals surface area contributed by atoms with E-state index in [1.165, 1.54) is 0 Å². The Balaban J connectivity index is 2.15. The van der Waals surface area contributed by atoms with E-state index in [-0.39, 0.29) is 11.9 Å². The molecule has 5 nitrogen and oxygen atoms in total. The van der Waals surface area contributed by atoms with Crippen molar-refractivity contribution in [3.05, 3.63) is 23.8 Å². The first-order valence-electron chi connectivity index (χ1n) is 8.04.